The molecule has 0 aliphatic carbocycles. The first-order chi connectivity index (χ1) is 16.9. The summed E-state index contributed by atoms with van der Waals surface area (Å²) in [4.78, 5) is 36.5. The van der Waals surface area contributed by atoms with Crippen LogP contribution in [0.2, 0.25) is 0 Å². The topological polar surface area (TPSA) is 109 Å². The van der Waals surface area contributed by atoms with Crippen molar-refractivity contribution < 1.29 is 19.1 Å². The summed E-state index contributed by atoms with van der Waals surface area (Å²) in [5.74, 6) is 0.179. The Bertz CT molecular complexity index is 1170. The number of amides is 3. The predicted molar refractivity (Wildman–Crippen MR) is 139 cm³/mol. The molecule has 0 aliphatic heterocycles. The van der Waals surface area contributed by atoms with Crippen LogP contribution in [-0.4, -0.2) is 30.9 Å². The second-order valence-electron chi connectivity index (χ2n) is 7.82. The molecule has 0 bridgehead atoms. The van der Waals surface area contributed by atoms with Crippen molar-refractivity contribution >= 4 is 40.5 Å². The molecule has 3 aromatic carbocycles. The zero-order valence-corrected chi connectivity index (χ0v) is 20.1. The number of hydrogen-bond donors (Lipinski definition) is 4. The third kappa shape index (κ3) is 7.60. The summed E-state index contributed by atoms with van der Waals surface area (Å²) >= 11 is 0. The van der Waals surface area contributed by atoms with Crippen molar-refractivity contribution in [3.05, 3.63) is 77.9 Å². The second kappa shape index (κ2) is 12.2. The molecule has 0 aromatic heterocycles. The number of hydrogen-bond acceptors (Lipinski definition) is 5. The Morgan fingerprint density at radius 1 is 0.743 bits per heavy atom. The summed E-state index contributed by atoms with van der Waals surface area (Å²) in [7, 11) is 0. The molecule has 8 heteroatoms. The van der Waals surface area contributed by atoms with Gasteiger partial charge in [0.05, 0.1) is 13.2 Å². The zero-order valence-electron chi connectivity index (χ0n) is 20.1. The highest BCUT2D eigenvalue weighted by molar-refractivity contribution is 6.04. The molecule has 0 aliphatic rings. The largest absolute Gasteiger partial charge is 0.494 e. The third-order valence-corrected chi connectivity index (χ3v) is 5.14. The standard InChI is InChI=1S/C27H30N4O4/c1-4-25(32)30-22-9-6-18(3)24(16-22)28-17-26(33)29-20-10-7-19(8-11-20)27(34)31-21-12-14-23(15-13-21)35-5-2/h6-16,28H,4-5,17H2,1-3H3,(H,29,33)(H,30,32)(H,31,34). The van der Waals surface area contributed by atoms with E-state index in [2.05, 4.69) is 21.3 Å². The smallest absolute Gasteiger partial charge is 0.255 e. The van der Waals surface area contributed by atoms with E-state index in [0.717, 1.165) is 17.0 Å². The van der Waals surface area contributed by atoms with E-state index >= 15 is 0 Å². The average molecular weight is 475 g/mol. The summed E-state index contributed by atoms with van der Waals surface area (Å²) in [6.45, 7) is 6.24. The summed E-state index contributed by atoms with van der Waals surface area (Å²) in [6.07, 6.45) is 0.390. The van der Waals surface area contributed by atoms with Crippen LogP contribution in [0.15, 0.2) is 66.7 Å². The number of benzene rings is 3. The predicted octanol–water partition coefficient (Wildman–Crippen LogP) is 5.05. The van der Waals surface area contributed by atoms with Crippen LogP contribution in [0, 0.1) is 6.92 Å². The summed E-state index contributed by atoms with van der Waals surface area (Å²) in [6, 6.07) is 19.3. The van der Waals surface area contributed by atoms with Gasteiger partial charge < -0.3 is 26.0 Å². The van der Waals surface area contributed by atoms with Gasteiger partial charge in [-0.25, -0.2) is 0 Å². The Labute approximate surface area is 205 Å². The van der Waals surface area contributed by atoms with Crippen molar-refractivity contribution in [1.29, 1.82) is 0 Å². The molecule has 35 heavy (non-hydrogen) atoms. The molecule has 0 saturated heterocycles. The first-order valence-corrected chi connectivity index (χ1v) is 11.5. The lowest BCUT2D eigenvalue weighted by molar-refractivity contribution is -0.116. The number of nitrogens with one attached hydrogen (secondary N) is 4. The molecule has 182 valence electrons. The highest BCUT2D eigenvalue weighted by atomic mass is 16.5. The van der Waals surface area contributed by atoms with Gasteiger partial charge >= 0.3 is 0 Å². The highest BCUT2D eigenvalue weighted by Gasteiger charge is 2.09. The van der Waals surface area contributed by atoms with Crippen LogP contribution < -0.4 is 26.0 Å². The molecule has 4 N–H and O–H groups in total. The molecule has 0 radical (unpaired) electrons. The van der Waals surface area contributed by atoms with Gasteiger partial charge in [0.1, 0.15) is 5.75 Å². The first-order valence-electron chi connectivity index (χ1n) is 11.5. The monoisotopic (exact) mass is 474 g/mol. The highest BCUT2D eigenvalue weighted by Crippen LogP contribution is 2.21. The quantitative estimate of drug-likeness (QED) is 0.329. The van der Waals surface area contributed by atoms with Crippen LogP contribution in [0.25, 0.3) is 0 Å². The minimum absolute atomic E-state index is 0.0476. The maximum atomic E-state index is 12.5. The van der Waals surface area contributed by atoms with E-state index in [9.17, 15) is 14.4 Å². The average Bonchev–Trinajstić information content (AvgIpc) is 2.86. The van der Waals surface area contributed by atoms with E-state index in [4.69, 9.17) is 4.74 Å². The summed E-state index contributed by atoms with van der Waals surface area (Å²) < 4.78 is 5.40. The lowest BCUT2D eigenvalue weighted by Gasteiger charge is -2.13. The number of aryl methyl sites for hydroxylation is 1. The maximum Gasteiger partial charge on any atom is 0.255 e. The Morgan fingerprint density at radius 3 is 2.00 bits per heavy atom. The van der Waals surface area contributed by atoms with Gasteiger partial charge in [0, 0.05) is 34.7 Å². The molecular weight excluding hydrogens is 444 g/mol. The van der Waals surface area contributed by atoms with Crippen molar-refractivity contribution in [2.45, 2.75) is 27.2 Å². The molecule has 8 nitrogen and oxygen atoms in total. The van der Waals surface area contributed by atoms with Crippen LogP contribution in [0.1, 0.15) is 36.2 Å². The fourth-order valence-corrected chi connectivity index (χ4v) is 3.23. The lowest BCUT2D eigenvalue weighted by Crippen LogP contribution is -2.22. The molecule has 3 aromatic rings. The zero-order chi connectivity index (χ0) is 25.2. The SMILES string of the molecule is CCOc1ccc(NC(=O)c2ccc(NC(=O)CNc3cc(NC(=O)CC)ccc3C)cc2)cc1. The normalized spacial score (nSPS) is 10.3. The summed E-state index contributed by atoms with van der Waals surface area (Å²) in [5, 5.41) is 11.5. The fraction of sp³-hybridized carbons (Fsp3) is 0.222. The minimum atomic E-state index is -0.251. The molecule has 0 atom stereocenters. The number of rotatable bonds is 10. The Hall–Kier alpha value is -4.33. The first kappa shape index (κ1) is 25.3. The van der Waals surface area contributed by atoms with Crippen molar-refractivity contribution in [1.82, 2.24) is 0 Å². The van der Waals surface area contributed by atoms with Gasteiger partial charge in [-0.05, 0) is 80.1 Å². The van der Waals surface area contributed by atoms with Crippen molar-refractivity contribution in [2.24, 2.45) is 0 Å². The Kier molecular flexibility index (Phi) is 8.83. The molecule has 0 fully saturated rings. The van der Waals surface area contributed by atoms with Crippen molar-refractivity contribution in [3.8, 4) is 5.75 Å². The van der Waals surface area contributed by atoms with E-state index in [1.54, 1.807) is 61.5 Å². The van der Waals surface area contributed by atoms with Gasteiger partial charge in [0.25, 0.3) is 5.91 Å². The van der Waals surface area contributed by atoms with E-state index in [0.29, 0.717) is 35.7 Å². The molecule has 3 amide bonds. The van der Waals surface area contributed by atoms with Gasteiger partial charge in [-0.1, -0.05) is 13.0 Å². The van der Waals surface area contributed by atoms with Crippen molar-refractivity contribution in [3.63, 3.8) is 0 Å². The number of ether oxygens (including phenoxy) is 1. The summed E-state index contributed by atoms with van der Waals surface area (Å²) in [5.41, 5.74) is 4.09. The Morgan fingerprint density at radius 2 is 1.34 bits per heavy atom. The molecular formula is C27H30N4O4. The molecule has 0 heterocycles. The van der Waals surface area contributed by atoms with Crippen LogP contribution in [-0.2, 0) is 9.59 Å². The van der Waals surface area contributed by atoms with Gasteiger partial charge in [0.15, 0.2) is 0 Å². The van der Waals surface area contributed by atoms with Crippen molar-refractivity contribution in [2.75, 3.05) is 34.4 Å². The molecule has 0 saturated carbocycles. The van der Waals surface area contributed by atoms with E-state index < -0.39 is 0 Å². The second-order valence-corrected chi connectivity index (χ2v) is 7.82. The number of anilines is 4. The number of carbonyl (C=O) groups is 3. The Balaban J connectivity index is 1.52. The van der Waals surface area contributed by atoms with E-state index in [1.165, 1.54) is 0 Å². The maximum absolute atomic E-state index is 12.5. The van der Waals surface area contributed by atoms with E-state index in [1.807, 2.05) is 26.0 Å². The van der Waals surface area contributed by atoms with Gasteiger partial charge in [-0.2, -0.15) is 0 Å². The van der Waals surface area contributed by atoms with Gasteiger partial charge in [-0.15, -0.1) is 0 Å². The fourth-order valence-electron chi connectivity index (χ4n) is 3.23. The van der Waals surface area contributed by atoms with Crippen LogP contribution in [0.4, 0.5) is 22.7 Å². The van der Waals surface area contributed by atoms with Crippen LogP contribution in [0.3, 0.4) is 0 Å². The van der Waals surface area contributed by atoms with Gasteiger partial charge in [0.2, 0.25) is 11.8 Å². The number of carbonyl (C=O) groups excluding carboxylic acids is 3. The van der Waals surface area contributed by atoms with Crippen LogP contribution in [0.5, 0.6) is 5.75 Å². The van der Waals surface area contributed by atoms with Crippen LogP contribution >= 0.6 is 0 Å². The molecule has 0 spiro atoms. The van der Waals surface area contributed by atoms with Gasteiger partial charge in [-0.3, -0.25) is 14.4 Å². The lowest BCUT2D eigenvalue weighted by atomic mass is 10.1. The minimum Gasteiger partial charge on any atom is -0.494 e. The third-order valence-electron chi connectivity index (χ3n) is 5.14. The molecule has 0 unspecified atom stereocenters. The molecule has 3 rings (SSSR count). The van der Waals surface area contributed by atoms with E-state index in [-0.39, 0.29) is 24.3 Å².